The first-order valence-electron chi connectivity index (χ1n) is 8.86. The zero-order valence-electron chi connectivity index (χ0n) is 14.6. The molecule has 1 aromatic carbocycles. The number of hydrogen-bond acceptors (Lipinski definition) is 5. The lowest BCUT2D eigenvalue weighted by Crippen LogP contribution is -2.40. The van der Waals surface area contributed by atoms with Crippen molar-refractivity contribution >= 4 is 34.8 Å². The third-order valence-corrected chi connectivity index (χ3v) is 6.04. The highest BCUT2D eigenvalue weighted by Gasteiger charge is 2.30. The lowest BCUT2D eigenvalue weighted by molar-refractivity contribution is -0.123. The third-order valence-electron chi connectivity index (χ3n) is 4.99. The van der Waals surface area contributed by atoms with Crippen LogP contribution in [-0.2, 0) is 16.0 Å². The zero-order chi connectivity index (χ0) is 18.3. The van der Waals surface area contributed by atoms with Crippen LogP contribution in [-0.4, -0.2) is 41.1 Å². The number of aliphatic imine (C=N–C) groups is 1. The molecule has 6 nitrogen and oxygen atoms in total. The Kier molecular flexibility index (Phi) is 4.48. The summed E-state index contributed by atoms with van der Waals surface area (Å²) in [5.41, 5.74) is 7.54. The van der Waals surface area contributed by atoms with Crippen molar-refractivity contribution in [2.45, 2.75) is 32.3 Å². The number of likely N-dealkylation sites (tertiary alicyclic amines) is 1. The van der Waals surface area contributed by atoms with E-state index < -0.39 is 0 Å². The van der Waals surface area contributed by atoms with E-state index in [9.17, 15) is 9.59 Å². The number of hydrogen-bond donors (Lipinski definition) is 1. The number of ether oxygens (including phenoxy) is 1. The van der Waals surface area contributed by atoms with Crippen LogP contribution >= 0.6 is 11.8 Å². The van der Waals surface area contributed by atoms with Crippen molar-refractivity contribution in [1.29, 1.82) is 0 Å². The molecule has 0 radical (unpaired) electrons. The van der Waals surface area contributed by atoms with E-state index in [-0.39, 0.29) is 23.8 Å². The summed E-state index contributed by atoms with van der Waals surface area (Å²) in [5, 5.41) is 0.724. The number of piperidine rings is 1. The SMILES string of the molecule is C[C@H]1Cc2cc(/C=C3/SC(N4CCC(C(N)=O)CC4)=NC3=O)ccc2O1. The van der Waals surface area contributed by atoms with Crippen molar-refractivity contribution in [3.63, 3.8) is 0 Å². The van der Waals surface area contributed by atoms with Gasteiger partial charge >= 0.3 is 0 Å². The number of thioether (sulfide) groups is 1. The molecule has 3 heterocycles. The number of carbonyl (C=O) groups is 2. The summed E-state index contributed by atoms with van der Waals surface area (Å²) in [6, 6.07) is 6.01. The van der Waals surface area contributed by atoms with Crippen LogP contribution in [0.25, 0.3) is 6.08 Å². The Balaban J connectivity index is 1.44. The fraction of sp³-hybridized carbons (Fsp3) is 0.421. The van der Waals surface area contributed by atoms with Crippen molar-refractivity contribution in [2.24, 2.45) is 16.6 Å². The third kappa shape index (κ3) is 3.35. The molecule has 0 bridgehead atoms. The lowest BCUT2D eigenvalue weighted by Gasteiger charge is -2.31. The number of amidine groups is 1. The van der Waals surface area contributed by atoms with E-state index in [1.807, 2.05) is 18.2 Å². The Labute approximate surface area is 156 Å². The van der Waals surface area contributed by atoms with Gasteiger partial charge in [0.25, 0.3) is 5.91 Å². The normalized spacial score (nSPS) is 24.6. The number of nitrogens with zero attached hydrogens (tertiary/aromatic N) is 2. The van der Waals surface area contributed by atoms with Gasteiger partial charge in [-0.05, 0) is 60.9 Å². The van der Waals surface area contributed by atoms with E-state index in [0.29, 0.717) is 30.8 Å². The number of rotatable bonds is 2. The summed E-state index contributed by atoms with van der Waals surface area (Å²) in [6.07, 6.45) is 4.41. The fourth-order valence-electron chi connectivity index (χ4n) is 3.57. The van der Waals surface area contributed by atoms with Gasteiger partial charge < -0.3 is 15.4 Å². The van der Waals surface area contributed by atoms with Crippen LogP contribution in [0.4, 0.5) is 0 Å². The average molecular weight is 371 g/mol. The van der Waals surface area contributed by atoms with E-state index >= 15 is 0 Å². The molecule has 2 amide bonds. The highest BCUT2D eigenvalue weighted by Crippen LogP contribution is 2.34. The Morgan fingerprint density at radius 3 is 2.88 bits per heavy atom. The van der Waals surface area contributed by atoms with Gasteiger partial charge in [-0.15, -0.1) is 0 Å². The van der Waals surface area contributed by atoms with E-state index in [4.69, 9.17) is 10.5 Å². The molecule has 3 aliphatic heterocycles. The van der Waals surface area contributed by atoms with E-state index in [2.05, 4.69) is 22.9 Å². The number of benzene rings is 1. The van der Waals surface area contributed by atoms with E-state index in [1.54, 1.807) is 0 Å². The molecular formula is C19H21N3O3S. The average Bonchev–Trinajstić information content (AvgIpc) is 3.16. The summed E-state index contributed by atoms with van der Waals surface area (Å²) in [6.45, 7) is 3.46. The first-order valence-corrected chi connectivity index (χ1v) is 9.67. The largest absolute Gasteiger partial charge is 0.490 e. The first kappa shape index (κ1) is 17.1. The number of primary amides is 1. The molecule has 0 unspecified atom stereocenters. The fourth-order valence-corrected chi connectivity index (χ4v) is 4.54. The molecule has 26 heavy (non-hydrogen) atoms. The van der Waals surface area contributed by atoms with Gasteiger partial charge in [0, 0.05) is 25.4 Å². The van der Waals surface area contributed by atoms with Gasteiger partial charge in [-0.3, -0.25) is 9.59 Å². The maximum Gasteiger partial charge on any atom is 0.286 e. The minimum absolute atomic E-state index is 0.0695. The Bertz CT molecular complexity index is 825. The zero-order valence-corrected chi connectivity index (χ0v) is 15.4. The second-order valence-electron chi connectivity index (χ2n) is 6.97. The molecule has 1 aromatic rings. The number of nitrogens with two attached hydrogens (primary N) is 1. The molecule has 0 spiro atoms. The molecular weight excluding hydrogens is 350 g/mol. The smallest absolute Gasteiger partial charge is 0.286 e. The van der Waals surface area contributed by atoms with Crippen LogP contribution in [0.1, 0.15) is 30.9 Å². The lowest BCUT2D eigenvalue weighted by atomic mass is 9.97. The second-order valence-corrected chi connectivity index (χ2v) is 7.98. The van der Waals surface area contributed by atoms with Crippen LogP contribution < -0.4 is 10.5 Å². The second kappa shape index (κ2) is 6.79. The molecule has 0 aliphatic carbocycles. The molecule has 1 atom stereocenters. The van der Waals surface area contributed by atoms with Crippen molar-refractivity contribution in [2.75, 3.05) is 13.1 Å². The quantitative estimate of drug-likeness (QED) is 0.806. The molecule has 4 rings (SSSR count). The van der Waals surface area contributed by atoms with E-state index in [1.165, 1.54) is 17.3 Å². The maximum atomic E-state index is 12.3. The monoisotopic (exact) mass is 371 g/mol. The van der Waals surface area contributed by atoms with Crippen LogP contribution in [0.5, 0.6) is 5.75 Å². The number of carbonyl (C=O) groups excluding carboxylic acids is 2. The molecule has 3 aliphatic rings. The van der Waals surface area contributed by atoms with Crippen molar-refractivity contribution in [3.05, 3.63) is 34.2 Å². The highest BCUT2D eigenvalue weighted by molar-refractivity contribution is 8.18. The summed E-state index contributed by atoms with van der Waals surface area (Å²) < 4.78 is 5.72. The van der Waals surface area contributed by atoms with Crippen LogP contribution in [0, 0.1) is 5.92 Å². The Morgan fingerprint density at radius 1 is 1.38 bits per heavy atom. The van der Waals surface area contributed by atoms with Gasteiger partial charge in [-0.2, -0.15) is 4.99 Å². The van der Waals surface area contributed by atoms with E-state index in [0.717, 1.165) is 22.9 Å². The summed E-state index contributed by atoms with van der Waals surface area (Å²) in [7, 11) is 0. The van der Waals surface area contributed by atoms with Crippen LogP contribution in [0.15, 0.2) is 28.1 Å². The van der Waals surface area contributed by atoms with Crippen molar-refractivity contribution < 1.29 is 14.3 Å². The van der Waals surface area contributed by atoms with Gasteiger partial charge in [0.2, 0.25) is 5.91 Å². The van der Waals surface area contributed by atoms with Crippen LogP contribution in [0.3, 0.4) is 0 Å². The van der Waals surface area contributed by atoms with Gasteiger partial charge in [-0.25, -0.2) is 0 Å². The minimum atomic E-state index is -0.239. The van der Waals surface area contributed by atoms with Crippen molar-refractivity contribution in [1.82, 2.24) is 4.90 Å². The summed E-state index contributed by atoms with van der Waals surface area (Å²) in [4.78, 5) is 30.5. The maximum absolute atomic E-state index is 12.3. The summed E-state index contributed by atoms with van der Waals surface area (Å²) in [5.74, 6) is 0.420. The Morgan fingerprint density at radius 2 is 2.15 bits per heavy atom. The standard InChI is InChI=1S/C19H21N3O3S/c1-11-8-14-9-12(2-3-15(14)25-11)10-16-18(24)21-19(26-16)22-6-4-13(5-7-22)17(20)23/h2-3,9-11,13H,4-8H2,1H3,(H2,20,23)/b16-10+/t11-/m0/s1. The molecule has 0 aromatic heterocycles. The van der Waals surface area contributed by atoms with Gasteiger partial charge in [0.1, 0.15) is 11.9 Å². The number of fused-ring (bicyclic) bond motifs is 1. The first-order chi connectivity index (χ1) is 12.5. The molecule has 7 heteroatoms. The van der Waals surface area contributed by atoms with Gasteiger partial charge in [0.15, 0.2) is 5.17 Å². The molecule has 2 N–H and O–H groups in total. The predicted molar refractivity (Wildman–Crippen MR) is 102 cm³/mol. The predicted octanol–water partition coefficient (Wildman–Crippen LogP) is 2.18. The minimum Gasteiger partial charge on any atom is -0.490 e. The van der Waals surface area contributed by atoms with Gasteiger partial charge in [0.05, 0.1) is 4.91 Å². The number of amides is 2. The molecule has 1 saturated heterocycles. The van der Waals surface area contributed by atoms with Crippen LogP contribution in [0.2, 0.25) is 0 Å². The molecule has 1 fully saturated rings. The molecule has 0 saturated carbocycles. The van der Waals surface area contributed by atoms with Crippen molar-refractivity contribution in [3.8, 4) is 5.75 Å². The Hall–Kier alpha value is -2.28. The molecule has 136 valence electrons. The summed E-state index contributed by atoms with van der Waals surface area (Å²) >= 11 is 1.40. The topological polar surface area (TPSA) is 85.0 Å². The highest BCUT2D eigenvalue weighted by atomic mass is 32.2. The van der Waals surface area contributed by atoms with Gasteiger partial charge in [-0.1, -0.05) is 6.07 Å².